The van der Waals surface area contributed by atoms with E-state index >= 15 is 0 Å². The first-order valence-electron chi connectivity index (χ1n) is 6.56. The highest BCUT2D eigenvalue weighted by Crippen LogP contribution is 2.22. The molecule has 0 atom stereocenters. The summed E-state index contributed by atoms with van der Waals surface area (Å²) in [4.78, 5) is 25.0. The van der Waals surface area contributed by atoms with E-state index in [9.17, 15) is 14.0 Å². The molecular weight excluding hydrogens is 305 g/mol. The van der Waals surface area contributed by atoms with Crippen LogP contribution in [0.5, 0.6) is 0 Å². The summed E-state index contributed by atoms with van der Waals surface area (Å²) >= 11 is 1.25. The van der Waals surface area contributed by atoms with Crippen molar-refractivity contribution in [2.45, 2.75) is 6.54 Å². The van der Waals surface area contributed by atoms with Gasteiger partial charge in [0.05, 0.1) is 12.1 Å². The summed E-state index contributed by atoms with van der Waals surface area (Å²) in [5.41, 5.74) is 6.44. The summed E-state index contributed by atoms with van der Waals surface area (Å²) in [5.74, 6) is -1.10. The molecule has 1 aromatic heterocycles. The number of benzene rings is 1. The Hall–Kier alpha value is -2.25. The number of nitrogens with two attached hydrogens (primary N) is 1. The second kappa shape index (κ2) is 7.15. The van der Waals surface area contributed by atoms with Crippen molar-refractivity contribution in [2.75, 3.05) is 18.9 Å². The third kappa shape index (κ3) is 4.37. The smallest absolute Gasteiger partial charge is 0.251 e. The molecule has 0 unspecified atom stereocenters. The molecule has 116 valence electrons. The van der Waals surface area contributed by atoms with E-state index in [1.807, 2.05) is 0 Å². The quantitative estimate of drug-likeness (QED) is 0.855. The second-order valence-electron chi connectivity index (χ2n) is 4.87. The van der Waals surface area contributed by atoms with Gasteiger partial charge in [-0.3, -0.25) is 14.5 Å². The zero-order valence-electron chi connectivity index (χ0n) is 12.0. The van der Waals surface area contributed by atoms with E-state index in [2.05, 4.69) is 5.32 Å². The topological polar surface area (TPSA) is 75.4 Å². The zero-order valence-corrected chi connectivity index (χ0v) is 12.8. The molecule has 1 aromatic carbocycles. The number of amides is 2. The largest absolute Gasteiger partial charge is 0.366 e. The second-order valence-corrected chi connectivity index (χ2v) is 5.79. The van der Waals surface area contributed by atoms with Crippen LogP contribution in [0.25, 0.3) is 0 Å². The highest BCUT2D eigenvalue weighted by molar-refractivity contribution is 7.14. The van der Waals surface area contributed by atoms with Crippen molar-refractivity contribution in [1.82, 2.24) is 4.90 Å². The number of primary amides is 1. The van der Waals surface area contributed by atoms with Gasteiger partial charge in [-0.25, -0.2) is 4.39 Å². The predicted molar refractivity (Wildman–Crippen MR) is 84.2 cm³/mol. The lowest BCUT2D eigenvalue weighted by Gasteiger charge is -2.16. The van der Waals surface area contributed by atoms with E-state index in [4.69, 9.17) is 5.73 Å². The van der Waals surface area contributed by atoms with E-state index < -0.39 is 5.91 Å². The zero-order chi connectivity index (χ0) is 16.1. The Balaban J connectivity index is 1.89. The fraction of sp³-hybridized carbons (Fsp3) is 0.200. The van der Waals surface area contributed by atoms with Gasteiger partial charge in [0, 0.05) is 6.54 Å². The van der Waals surface area contributed by atoms with Crippen LogP contribution in [0, 0.1) is 5.82 Å². The summed E-state index contributed by atoms with van der Waals surface area (Å²) in [7, 11) is 1.78. The first-order chi connectivity index (χ1) is 10.5. The lowest BCUT2D eigenvalue weighted by atomic mass is 10.2. The van der Waals surface area contributed by atoms with Gasteiger partial charge < -0.3 is 11.1 Å². The van der Waals surface area contributed by atoms with Crippen molar-refractivity contribution in [2.24, 2.45) is 5.73 Å². The van der Waals surface area contributed by atoms with Crippen molar-refractivity contribution >= 4 is 28.2 Å². The number of nitrogens with zero attached hydrogens (tertiary/aromatic N) is 1. The minimum absolute atomic E-state index is 0.146. The van der Waals surface area contributed by atoms with Gasteiger partial charge in [-0.15, -0.1) is 11.3 Å². The van der Waals surface area contributed by atoms with Crippen molar-refractivity contribution in [3.8, 4) is 0 Å². The molecule has 2 rings (SSSR count). The maximum atomic E-state index is 12.8. The van der Waals surface area contributed by atoms with E-state index in [0.717, 1.165) is 5.56 Å². The fourth-order valence-electron chi connectivity index (χ4n) is 1.97. The van der Waals surface area contributed by atoms with Gasteiger partial charge >= 0.3 is 0 Å². The Bertz CT molecular complexity index is 670. The van der Waals surface area contributed by atoms with Crippen LogP contribution in [0.1, 0.15) is 15.9 Å². The van der Waals surface area contributed by atoms with Crippen LogP contribution >= 0.6 is 11.3 Å². The van der Waals surface area contributed by atoms with Gasteiger partial charge in [-0.2, -0.15) is 0 Å². The van der Waals surface area contributed by atoms with Crippen molar-refractivity contribution in [3.05, 3.63) is 52.7 Å². The molecule has 3 N–H and O–H groups in total. The van der Waals surface area contributed by atoms with Gasteiger partial charge in [-0.1, -0.05) is 12.1 Å². The molecule has 0 fully saturated rings. The fourth-order valence-corrected chi connectivity index (χ4v) is 2.78. The molecule has 0 aliphatic rings. The third-order valence-corrected chi connectivity index (χ3v) is 3.79. The number of carbonyl (C=O) groups is 2. The SMILES string of the molecule is CN(CC(=O)Nc1sccc1C(N)=O)Cc1ccc(F)cc1. The van der Waals surface area contributed by atoms with E-state index in [1.165, 1.54) is 23.5 Å². The van der Waals surface area contributed by atoms with E-state index in [1.54, 1.807) is 35.5 Å². The molecule has 0 aliphatic carbocycles. The number of carbonyl (C=O) groups excluding carboxylic acids is 2. The maximum Gasteiger partial charge on any atom is 0.251 e. The molecule has 0 radical (unpaired) electrons. The molecular formula is C15H16FN3O2S. The van der Waals surface area contributed by atoms with Gasteiger partial charge in [-0.05, 0) is 36.2 Å². The van der Waals surface area contributed by atoms with Crippen LogP contribution in [-0.4, -0.2) is 30.3 Å². The maximum absolute atomic E-state index is 12.8. The van der Waals surface area contributed by atoms with Crippen molar-refractivity contribution in [1.29, 1.82) is 0 Å². The van der Waals surface area contributed by atoms with Crippen LogP contribution in [0.4, 0.5) is 9.39 Å². The minimum atomic E-state index is -0.573. The average Bonchev–Trinajstić information content (AvgIpc) is 2.89. The van der Waals surface area contributed by atoms with Crippen LogP contribution in [0.2, 0.25) is 0 Å². The van der Waals surface area contributed by atoms with Crippen LogP contribution in [0.15, 0.2) is 35.7 Å². The summed E-state index contributed by atoms with van der Waals surface area (Å²) in [5, 5.41) is 4.82. The first-order valence-corrected chi connectivity index (χ1v) is 7.44. The van der Waals surface area contributed by atoms with Crippen LogP contribution in [0.3, 0.4) is 0 Å². The lowest BCUT2D eigenvalue weighted by Crippen LogP contribution is -2.30. The third-order valence-electron chi connectivity index (χ3n) is 2.96. The summed E-state index contributed by atoms with van der Waals surface area (Å²) in [6.45, 7) is 0.661. The number of hydrogen-bond acceptors (Lipinski definition) is 4. The number of nitrogens with one attached hydrogen (secondary N) is 1. The molecule has 2 aromatic rings. The van der Waals surface area contributed by atoms with Gasteiger partial charge in [0.2, 0.25) is 5.91 Å². The number of hydrogen-bond donors (Lipinski definition) is 2. The Morgan fingerprint density at radius 3 is 2.59 bits per heavy atom. The molecule has 7 heteroatoms. The molecule has 0 saturated heterocycles. The minimum Gasteiger partial charge on any atom is -0.366 e. The van der Waals surface area contributed by atoms with Crippen LogP contribution in [-0.2, 0) is 11.3 Å². The van der Waals surface area contributed by atoms with Crippen molar-refractivity contribution in [3.63, 3.8) is 0 Å². The molecule has 0 bridgehead atoms. The standard InChI is InChI=1S/C15H16FN3O2S/c1-19(8-10-2-4-11(16)5-3-10)9-13(20)18-15-12(14(17)21)6-7-22-15/h2-7H,8-9H2,1H3,(H2,17,21)(H,18,20). The highest BCUT2D eigenvalue weighted by Gasteiger charge is 2.13. The molecule has 22 heavy (non-hydrogen) atoms. The molecule has 0 spiro atoms. The highest BCUT2D eigenvalue weighted by atomic mass is 32.1. The molecule has 1 heterocycles. The number of thiophene rings is 1. The van der Waals surface area contributed by atoms with Gasteiger partial charge in [0.25, 0.3) is 5.91 Å². The van der Waals surface area contributed by atoms with Gasteiger partial charge in [0.15, 0.2) is 0 Å². The summed E-state index contributed by atoms with van der Waals surface area (Å²) < 4.78 is 12.8. The molecule has 2 amide bonds. The first kappa shape index (κ1) is 16.1. The van der Waals surface area contributed by atoms with Crippen LogP contribution < -0.4 is 11.1 Å². The number of rotatable bonds is 6. The number of likely N-dealkylation sites (N-methyl/N-ethyl adjacent to an activating group) is 1. The normalized spacial score (nSPS) is 10.7. The molecule has 0 aliphatic heterocycles. The summed E-state index contributed by atoms with van der Waals surface area (Å²) in [6, 6.07) is 7.69. The molecule has 0 saturated carbocycles. The molecule has 5 nitrogen and oxygen atoms in total. The van der Waals surface area contributed by atoms with E-state index in [-0.39, 0.29) is 18.3 Å². The monoisotopic (exact) mass is 321 g/mol. The lowest BCUT2D eigenvalue weighted by molar-refractivity contribution is -0.117. The average molecular weight is 321 g/mol. The van der Waals surface area contributed by atoms with Crippen molar-refractivity contribution < 1.29 is 14.0 Å². The number of halogens is 1. The predicted octanol–water partition coefficient (Wildman–Crippen LogP) is 2.06. The Kier molecular flexibility index (Phi) is 5.24. The van der Waals surface area contributed by atoms with E-state index in [0.29, 0.717) is 17.1 Å². The number of anilines is 1. The Morgan fingerprint density at radius 2 is 1.95 bits per heavy atom. The van der Waals surface area contributed by atoms with Gasteiger partial charge in [0.1, 0.15) is 10.8 Å². The Morgan fingerprint density at radius 1 is 1.27 bits per heavy atom. The summed E-state index contributed by atoms with van der Waals surface area (Å²) in [6.07, 6.45) is 0. The Labute approximate surface area is 131 Å².